The molecule has 3 nitrogen and oxygen atoms in total. The SMILES string of the molecule is CN1CCN2C(=O)CCC2c2cc(Cl)ccc21. The van der Waals surface area contributed by atoms with Gasteiger partial charge in [0.05, 0.1) is 6.04 Å². The smallest absolute Gasteiger partial charge is 0.223 e. The Bertz CT molecular complexity index is 474. The molecular weight excluding hydrogens is 236 g/mol. The normalized spacial score (nSPS) is 23.4. The van der Waals surface area contributed by atoms with E-state index in [2.05, 4.69) is 18.0 Å². The maximum Gasteiger partial charge on any atom is 0.223 e. The lowest BCUT2D eigenvalue weighted by Crippen LogP contribution is -2.31. The summed E-state index contributed by atoms with van der Waals surface area (Å²) in [5.41, 5.74) is 2.40. The molecule has 0 aliphatic carbocycles. The van der Waals surface area contributed by atoms with Gasteiger partial charge in [0.2, 0.25) is 5.91 Å². The van der Waals surface area contributed by atoms with E-state index in [1.165, 1.54) is 11.3 Å². The first-order valence-electron chi connectivity index (χ1n) is 5.97. The number of carbonyl (C=O) groups excluding carboxylic acids is 1. The quantitative estimate of drug-likeness (QED) is 0.706. The summed E-state index contributed by atoms with van der Waals surface area (Å²) in [4.78, 5) is 16.0. The Morgan fingerprint density at radius 3 is 3.00 bits per heavy atom. The third-order valence-electron chi connectivity index (χ3n) is 3.76. The molecule has 1 atom stereocenters. The monoisotopic (exact) mass is 250 g/mol. The molecule has 1 aromatic carbocycles. The number of nitrogens with zero attached hydrogens (tertiary/aromatic N) is 2. The highest BCUT2D eigenvalue weighted by molar-refractivity contribution is 6.30. The third kappa shape index (κ3) is 1.69. The van der Waals surface area contributed by atoms with Crippen molar-refractivity contribution < 1.29 is 4.79 Å². The first-order chi connectivity index (χ1) is 8.16. The number of amides is 1. The number of likely N-dealkylation sites (N-methyl/N-ethyl adjacent to an activating group) is 1. The van der Waals surface area contributed by atoms with Gasteiger partial charge < -0.3 is 9.80 Å². The highest BCUT2D eigenvalue weighted by Gasteiger charge is 2.35. The van der Waals surface area contributed by atoms with Crippen LogP contribution in [-0.4, -0.2) is 30.9 Å². The fraction of sp³-hybridized carbons (Fsp3) is 0.462. The van der Waals surface area contributed by atoms with E-state index in [0.29, 0.717) is 6.42 Å². The van der Waals surface area contributed by atoms with Gasteiger partial charge in [0.15, 0.2) is 0 Å². The summed E-state index contributed by atoms with van der Waals surface area (Å²) in [6, 6.07) is 6.21. The summed E-state index contributed by atoms with van der Waals surface area (Å²) in [5, 5.41) is 0.748. The minimum Gasteiger partial charge on any atom is -0.373 e. The van der Waals surface area contributed by atoms with Crippen molar-refractivity contribution in [1.29, 1.82) is 0 Å². The number of hydrogen-bond acceptors (Lipinski definition) is 2. The molecule has 2 aliphatic rings. The highest BCUT2D eigenvalue weighted by Crippen LogP contribution is 2.40. The van der Waals surface area contributed by atoms with Gasteiger partial charge in [-0.1, -0.05) is 11.6 Å². The lowest BCUT2D eigenvalue weighted by molar-refractivity contribution is -0.128. The number of fused-ring (bicyclic) bond motifs is 3. The summed E-state index contributed by atoms with van der Waals surface area (Å²) in [7, 11) is 2.07. The van der Waals surface area contributed by atoms with Crippen molar-refractivity contribution in [3.63, 3.8) is 0 Å². The van der Waals surface area contributed by atoms with Crippen LogP contribution in [0.3, 0.4) is 0 Å². The molecule has 3 rings (SSSR count). The van der Waals surface area contributed by atoms with Gasteiger partial charge in [-0.3, -0.25) is 4.79 Å². The van der Waals surface area contributed by atoms with Crippen LogP contribution in [0.2, 0.25) is 5.02 Å². The second-order valence-electron chi connectivity index (χ2n) is 4.77. The first-order valence-corrected chi connectivity index (χ1v) is 6.34. The molecule has 1 fully saturated rings. The fourth-order valence-corrected chi connectivity index (χ4v) is 3.04. The van der Waals surface area contributed by atoms with E-state index in [4.69, 9.17) is 11.6 Å². The minimum atomic E-state index is 0.223. The lowest BCUT2D eigenvalue weighted by atomic mass is 10.0. The number of benzene rings is 1. The number of halogens is 1. The molecule has 4 heteroatoms. The van der Waals surface area contributed by atoms with E-state index in [9.17, 15) is 4.79 Å². The Kier molecular flexibility index (Phi) is 2.51. The highest BCUT2D eigenvalue weighted by atomic mass is 35.5. The second-order valence-corrected chi connectivity index (χ2v) is 5.20. The lowest BCUT2D eigenvalue weighted by Gasteiger charge is -2.22. The predicted molar refractivity (Wildman–Crippen MR) is 68.4 cm³/mol. The molecule has 0 bridgehead atoms. The van der Waals surface area contributed by atoms with Crippen molar-refractivity contribution in [2.24, 2.45) is 0 Å². The molecule has 0 spiro atoms. The van der Waals surface area contributed by atoms with Crippen molar-refractivity contribution in [2.75, 3.05) is 25.0 Å². The van der Waals surface area contributed by atoms with Crippen LogP contribution in [0.5, 0.6) is 0 Å². The molecule has 90 valence electrons. The average molecular weight is 251 g/mol. The van der Waals surface area contributed by atoms with E-state index in [1.807, 2.05) is 17.0 Å². The number of carbonyl (C=O) groups is 1. The largest absolute Gasteiger partial charge is 0.373 e. The van der Waals surface area contributed by atoms with E-state index >= 15 is 0 Å². The van der Waals surface area contributed by atoms with Crippen LogP contribution in [0.4, 0.5) is 5.69 Å². The average Bonchev–Trinajstić information content (AvgIpc) is 2.60. The molecule has 0 N–H and O–H groups in total. The fourth-order valence-electron chi connectivity index (χ4n) is 2.86. The van der Waals surface area contributed by atoms with E-state index in [0.717, 1.165) is 24.5 Å². The van der Waals surface area contributed by atoms with E-state index < -0.39 is 0 Å². The van der Waals surface area contributed by atoms with Gasteiger partial charge in [-0.25, -0.2) is 0 Å². The minimum absolute atomic E-state index is 0.223. The predicted octanol–water partition coefficient (Wildman–Crippen LogP) is 2.45. The van der Waals surface area contributed by atoms with Gasteiger partial charge in [0.1, 0.15) is 0 Å². The van der Waals surface area contributed by atoms with Crippen LogP contribution in [-0.2, 0) is 4.79 Å². The molecule has 17 heavy (non-hydrogen) atoms. The van der Waals surface area contributed by atoms with Gasteiger partial charge in [-0.2, -0.15) is 0 Å². The van der Waals surface area contributed by atoms with Gasteiger partial charge in [0, 0.05) is 37.3 Å². The summed E-state index contributed by atoms with van der Waals surface area (Å²) >= 11 is 6.08. The van der Waals surface area contributed by atoms with Gasteiger partial charge in [0.25, 0.3) is 0 Å². The van der Waals surface area contributed by atoms with E-state index in [-0.39, 0.29) is 11.9 Å². The summed E-state index contributed by atoms with van der Waals surface area (Å²) < 4.78 is 0. The Morgan fingerprint density at radius 1 is 1.35 bits per heavy atom. The van der Waals surface area contributed by atoms with Crippen molar-refractivity contribution in [3.8, 4) is 0 Å². The summed E-state index contributed by atoms with van der Waals surface area (Å²) in [6.07, 6.45) is 1.58. The zero-order valence-electron chi connectivity index (χ0n) is 9.82. The first kappa shape index (κ1) is 10.9. The summed E-state index contributed by atoms with van der Waals surface area (Å²) in [5.74, 6) is 0.274. The molecule has 1 amide bonds. The molecule has 0 aromatic heterocycles. The van der Waals surface area contributed by atoms with Gasteiger partial charge >= 0.3 is 0 Å². The van der Waals surface area contributed by atoms with E-state index in [1.54, 1.807) is 0 Å². The molecule has 0 radical (unpaired) electrons. The van der Waals surface area contributed by atoms with Crippen molar-refractivity contribution in [3.05, 3.63) is 28.8 Å². The van der Waals surface area contributed by atoms with Crippen LogP contribution in [0.1, 0.15) is 24.4 Å². The number of anilines is 1. The third-order valence-corrected chi connectivity index (χ3v) is 4.00. The van der Waals surface area contributed by atoms with Gasteiger partial charge in [-0.05, 0) is 30.2 Å². The number of rotatable bonds is 0. The topological polar surface area (TPSA) is 23.6 Å². The molecule has 2 aliphatic heterocycles. The molecule has 1 unspecified atom stereocenters. The Balaban J connectivity index is 2.11. The van der Waals surface area contributed by atoms with Crippen molar-refractivity contribution >= 4 is 23.2 Å². The molecule has 1 aromatic rings. The Labute approximate surface area is 106 Å². The van der Waals surface area contributed by atoms with Crippen molar-refractivity contribution in [1.82, 2.24) is 4.90 Å². The van der Waals surface area contributed by atoms with Crippen LogP contribution < -0.4 is 4.90 Å². The standard InChI is InChI=1S/C13H15ClN2O/c1-15-6-7-16-12(4-5-13(16)17)10-8-9(14)2-3-11(10)15/h2-3,8,12H,4-7H2,1H3. The van der Waals surface area contributed by atoms with Crippen LogP contribution in [0.25, 0.3) is 0 Å². The molecule has 1 saturated heterocycles. The zero-order valence-corrected chi connectivity index (χ0v) is 10.6. The van der Waals surface area contributed by atoms with Crippen LogP contribution in [0.15, 0.2) is 18.2 Å². The Hall–Kier alpha value is -1.22. The second kappa shape index (κ2) is 3.91. The molecule has 0 saturated carbocycles. The molecule has 2 heterocycles. The maximum absolute atomic E-state index is 11.8. The van der Waals surface area contributed by atoms with Crippen LogP contribution in [0, 0.1) is 0 Å². The summed E-state index contributed by atoms with van der Waals surface area (Å²) in [6.45, 7) is 1.70. The van der Waals surface area contributed by atoms with Crippen LogP contribution >= 0.6 is 11.6 Å². The number of hydrogen-bond donors (Lipinski definition) is 0. The zero-order chi connectivity index (χ0) is 12.0. The maximum atomic E-state index is 11.8. The Morgan fingerprint density at radius 2 is 2.18 bits per heavy atom. The van der Waals surface area contributed by atoms with Crippen molar-refractivity contribution in [2.45, 2.75) is 18.9 Å². The molecular formula is C13H15ClN2O. The van der Waals surface area contributed by atoms with Gasteiger partial charge in [-0.15, -0.1) is 0 Å².